The molecule has 1 aliphatic carbocycles. The molecule has 0 aromatic heterocycles. The summed E-state index contributed by atoms with van der Waals surface area (Å²) in [5.74, 6) is 0.506. The molecule has 0 aliphatic heterocycles. The van der Waals surface area contributed by atoms with Gasteiger partial charge in [-0.2, -0.15) is 4.31 Å². The van der Waals surface area contributed by atoms with Crippen LogP contribution in [0.1, 0.15) is 46.0 Å². The molecule has 0 atom stereocenters. The van der Waals surface area contributed by atoms with Gasteiger partial charge in [-0.25, -0.2) is 8.42 Å². The van der Waals surface area contributed by atoms with Crippen molar-refractivity contribution in [2.24, 2.45) is 0 Å². The Kier molecular flexibility index (Phi) is 7.49. The van der Waals surface area contributed by atoms with E-state index < -0.39 is 10.0 Å². The number of benzene rings is 1. The Morgan fingerprint density at radius 3 is 2.33 bits per heavy atom. The van der Waals surface area contributed by atoms with Gasteiger partial charge in [0.2, 0.25) is 15.9 Å². The summed E-state index contributed by atoms with van der Waals surface area (Å²) in [5, 5.41) is 2.79. The lowest BCUT2D eigenvalue weighted by Crippen LogP contribution is -2.48. The third kappa shape index (κ3) is 5.35. The van der Waals surface area contributed by atoms with E-state index in [9.17, 15) is 13.2 Å². The molecule has 7 nitrogen and oxygen atoms in total. The van der Waals surface area contributed by atoms with Gasteiger partial charge >= 0.3 is 0 Å². The number of amides is 1. The molecule has 1 aliphatic rings. The minimum absolute atomic E-state index is 0.0468. The van der Waals surface area contributed by atoms with Gasteiger partial charge in [-0.1, -0.05) is 19.3 Å². The third-order valence-electron chi connectivity index (χ3n) is 4.69. The van der Waals surface area contributed by atoms with Gasteiger partial charge in [0, 0.05) is 18.2 Å². The SMILES string of the molecule is COc1ccc(S(=O)(=O)N(CC(=O)NC(C)C)C2CCCCC2)cc1OC. The number of nitrogens with one attached hydrogen (secondary N) is 1. The van der Waals surface area contributed by atoms with Crippen LogP contribution < -0.4 is 14.8 Å². The van der Waals surface area contributed by atoms with Crippen LogP contribution in [0.3, 0.4) is 0 Å². The van der Waals surface area contributed by atoms with E-state index in [1.807, 2.05) is 13.8 Å². The number of rotatable bonds is 8. The van der Waals surface area contributed by atoms with Crippen molar-refractivity contribution in [3.63, 3.8) is 0 Å². The topological polar surface area (TPSA) is 84.9 Å². The fraction of sp³-hybridized carbons (Fsp3) is 0.632. The second kappa shape index (κ2) is 9.41. The van der Waals surface area contributed by atoms with E-state index >= 15 is 0 Å². The Labute approximate surface area is 162 Å². The smallest absolute Gasteiger partial charge is 0.243 e. The van der Waals surface area contributed by atoms with Gasteiger partial charge in [0.05, 0.1) is 25.7 Å². The van der Waals surface area contributed by atoms with Gasteiger partial charge in [-0.15, -0.1) is 0 Å². The highest BCUT2D eigenvalue weighted by Crippen LogP contribution is 2.33. The van der Waals surface area contributed by atoms with Crippen LogP contribution >= 0.6 is 0 Å². The molecule has 0 bridgehead atoms. The fourth-order valence-electron chi connectivity index (χ4n) is 3.40. The van der Waals surface area contributed by atoms with Crippen LogP contribution in [0, 0.1) is 0 Å². The normalized spacial score (nSPS) is 15.8. The molecule has 1 aromatic carbocycles. The first-order valence-corrected chi connectivity index (χ1v) is 10.8. The Hall–Kier alpha value is -1.80. The molecule has 1 N–H and O–H groups in total. The zero-order valence-electron chi connectivity index (χ0n) is 16.5. The summed E-state index contributed by atoms with van der Waals surface area (Å²) in [7, 11) is -0.894. The highest BCUT2D eigenvalue weighted by atomic mass is 32.2. The first kappa shape index (κ1) is 21.5. The van der Waals surface area contributed by atoms with Crippen molar-refractivity contribution in [3.8, 4) is 11.5 Å². The summed E-state index contributed by atoms with van der Waals surface area (Å²) in [5.41, 5.74) is 0. The van der Waals surface area contributed by atoms with E-state index in [4.69, 9.17) is 9.47 Å². The van der Waals surface area contributed by atoms with Crippen LogP contribution in [0.15, 0.2) is 23.1 Å². The second-order valence-electron chi connectivity index (χ2n) is 7.08. The number of hydrogen-bond donors (Lipinski definition) is 1. The van der Waals surface area contributed by atoms with Crippen molar-refractivity contribution in [2.75, 3.05) is 20.8 Å². The summed E-state index contributed by atoms with van der Waals surface area (Å²) in [6.07, 6.45) is 4.56. The summed E-state index contributed by atoms with van der Waals surface area (Å²) >= 11 is 0. The van der Waals surface area contributed by atoms with Gasteiger partial charge < -0.3 is 14.8 Å². The molecule has 152 valence electrons. The summed E-state index contributed by atoms with van der Waals surface area (Å²) < 4.78 is 38.5. The second-order valence-corrected chi connectivity index (χ2v) is 8.97. The lowest BCUT2D eigenvalue weighted by molar-refractivity contribution is -0.122. The van der Waals surface area contributed by atoms with E-state index in [1.54, 1.807) is 6.07 Å². The predicted octanol–water partition coefficient (Wildman–Crippen LogP) is 2.55. The Balaban J connectivity index is 2.38. The van der Waals surface area contributed by atoms with Gasteiger partial charge in [0.25, 0.3) is 0 Å². The van der Waals surface area contributed by atoms with E-state index in [1.165, 1.54) is 30.7 Å². The number of hydrogen-bond acceptors (Lipinski definition) is 5. The maximum atomic E-state index is 13.4. The quantitative estimate of drug-likeness (QED) is 0.727. The number of carbonyl (C=O) groups excluding carboxylic acids is 1. The number of sulfonamides is 1. The molecular formula is C19H30N2O5S. The third-order valence-corrected chi connectivity index (χ3v) is 6.59. The van der Waals surface area contributed by atoms with Crippen LogP contribution in [-0.2, 0) is 14.8 Å². The van der Waals surface area contributed by atoms with Crippen molar-refractivity contribution < 1.29 is 22.7 Å². The largest absolute Gasteiger partial charge is 0.493 e. The molecule has 0 saturated heterocycles. The zero-order chi connectivity index (χ0) is 20.0. The Morgan fingerprint density at radius 1 is 1.15 bits per heavy atom. The van der Waals surface area contributed by atoms with E-state index in [0.29, 0.717) is 11.5 Å². The molecule has 2 rings (SSSR count). The van der Waals surface area contributed by atoms with E-state index in [0.717, 1.165) is 32.1 Å². The summed E-state index contributed by atoms with van der Waals surface area (Å²) in [4.78, 5) is 12.4. The van der Waals surface area contributed by atoms with Crippen molar-refractivity contribution in [2.45, 2.75) is 62.9 Å². The van der Waals surface area contributed by atoms with Gasteiger partial charge in [-0.3, -0.25) is 4.79 Å². The minimum Gasteiger partial charge on any atom is -0.493 e. The standard InChI is InChI=1S/C19H30N2O5S/c1-14(2)20-19(22)13-21(15-8-6-5-7-9-15)27(23,24)16-10-11-17(25-3)18(12-16)26-4/h10-12,14-15H,5-9,13H2,1-4H3,(H,20,22). The summed E-state index contributed by atoms with van der Waals surface area (Å²) in [6, 6.07) is 4.29. The fourth-order valence-corrected chi connectivity index (χ4v) is 5.06. The van der Waals surface area contributed by atoms with Crippen LogP contribution in [-0.4, -0.2) is 51.5 Å². The average Bonchev–Trinajstić information content (AvgIpc) is 2.65. The molecule has 1 fully saturated rings. The average molecular weight is 399 g/mol. The van der Waals surface area contributed by atoms with E-state index in [2.05, 4.69) is 5.32 Å². The van der Waals surface area contributed by atoms with Crippen molar-refractivity contribution in [3.05, 3.63) is 18.2 Å². The van der Waals surface area contributed by atoms with Crippen molar-refractivity contribution in [1.29, 1.82) is 0 Å². The van der Waals surface area contributed by atoms with Gasteiger partial charge in [0.1, 0.15) is 0 Å². The first-order chi connectivity index (χ1) is 12.8. The maximum absolute atomic E-state index is 13.4. The molecule has 1 amide bonds. The van der Waals surface area contributed by atoms with Gasteiger partial charge in [-0.05, 0) is 38.8 Å². The lowest BCUT2D eigenvalue weighted by atomic mass is 9.95. The number of nitrogens with zero attached hydrogens (tertiary/aromatic N) is 1. The number of ether oxygens (including phenoxy) is 2. The number of carbonyl (C=O) groups is 1. The molecule has 0 unspecified atom stereocenters. The van der Waals surface area contributed by atoms with Crippen LogP contribution in [0.2, 0.25) is 0 Å². The molecule has 27 heavy (non-hydrogen) atoms. The van der Waals surface area contributed by atoms with Crippen LogP contribution in [0.4, 0.5) is 0 Å². The predicted molar refractivity (Wildman–Crippen MR) is 104 cm³/mol. The monoisotopic (exact) mass is 398 g/mol. The van der Waals surface area contributed by atoms with Crippen LogP contribution in [0.25, 0.3) is 0 Å². The minimum atomic E-state index is -3.85. The highest BCUT2D eigenvalue weighted by molar-refractivity contribution is 7.89. The zero-order valence-corrected chi connectivity index (χ0v) is 17.3. The summed E-state index contributed by atoms with van der Waals surface area (Å²) in [6.45, 7) is 3.52. The van der Waals surface area contributed by atoms with Gasteiger partial charge in [0.15, 0.2) is 11.5 Å². The number of methoxy groups -OCH3 is 2. The molecule has 1 saturated carbocycles. The maximum Gasteiger partial charge on any atom is 0.243 e. The molecule has 8 heteroatoms. The molecule has 0 heterocycles. The molecular weight excluding hydrogens is 368 g/mol. The first-order valence-electron chi connectivity index (χ1n) is 9.32. The van der Waals surface area contributed by atoms with E-state index in [-0.39, 0.29) is 29.4 Å². The molecule has 0 spiro atoms. The lowest BCUT2D eigenvalue weighted by Gasteiger charge is -2.33. The Bertz CT molecular complexity index is 742. The van der Waals surface area contributed by atoms with Crippen molar-refractivity contribution in [1.82, 2.24) is 9.62 Å². The highest BCUT2D eigenvalue weighted by Gasteiger charge is 2.34. The van der Waals surface area contributed by atoms with Crippen molar-refractivity contribution >= 4 is 15.9 Å². The molecule has 0 radical (unpaired) electrons. The van der Waals surface area contributed by atoms with Crippen LogP contribution in [0.5, 0.6) is 11.5 Å². The molecule has 1 aromatic rings. The Morgan fingerprint density at radius 2 is 1.78 bits per heavy atom.